The molecule has 1 aromatic carbocycles. The summed E-state index contributed by atoms with van der Waals surface area (Å²) in [5.41, 5.74) is 1.76. The van der Waals surface area contributed by atoms with Gasteiger partial charge in [0.15, 0.2) is 0 Å². The number of ether oxygens (including phenoxy) is 1. The molecule has 0 unspecified atom stereocenters. The van der Waals surface area contributed by atoms with Crippen LogP contribution in [0.1, 0.15) is 32.3 Å². The smallest absolute Gasteiger partial charge is 0.121 e. The van der Waals surface area contributed by atoms with Crippen molar-refractivity contribution in [3.8, 4) is 11.8 Å². The lowest BCUT2D eigenvalue weighted by atomic mass is 9.86. The van der Waals surface area contributed by atoms with Gasteiger partial charge in [0.25, 0.3) is 0 Å². The van der Waals surface area contributed by atoms with E-state index in [9.17, 15) is 5.26 Å². The zero-order valence-corrected chi connectivity index (χ0v) is 12.0. The van der Waals surface area contributed by atoms with Gasteiger partial charge in [-0.05, 0) is 36.8 Å². The van der Waals surface area contributed by atoms with Crippen molar-refractivity contribution in [2.24, 2.45) is 11.8 Å². The fourth-order valence-electron chi connectivity index (χ4n) is 2.80. The topological polar surface area (TPSA) is 36.3 Å². The molecular weight excluding hydrogens is 236 g/mol. The number of nitriles is 1. The number of rotatable bonds is 3. The third-order valence-electron chi connectivity index (χ3n) is 4.15. The first-order valence-electron chi connectivity index (χ1n) is 6.98. The van der Waals surface area contributed by atoms with Crippen LogP contribution < -0.4 is 9.64 Å². The van der Waals surface area contributed by atoms with Gasteiger partial charge < -0.3 is 9.64 Å². The Labute approximate surface area is 115 Å². The Hall–Kier alpha value is -1.69. The molecule has 3 nitrogen and oxygen atoms in total. The van der Waals surface area contributed by atoms with Crippen LogP contribution in [-0.2, 0) is 0 Å². The minimum absolute atomic E-state index is 0.740. The van der Waals surface area contributed by atoms with E-state index in [0.717, 1.165) is 41.9 Å². The van der Waals surface area contributed by atoms with Crippen molar-refractivity contribution in [2.45, 2.75) is 26.7 Å². The van der Waals surface area contributed by atoms with Gasteiger partial charge in [-0.2, -0.15) is 5.26 Å². The minimum atomic E-state index is 0.740. The second-order valence-electron chi connectivity index (χ2n) is 5.56. The van der Waals surface area contributed by atoms with Gasteiger partial charge >= 0.3 is 0 Å². The molecule has 0 saturated carbocycles. The molecule has 2 rings (SSSR count). The van der Waals surface area contributed by atoms with Gasteiger partial charge in [0, 0.05) is 19.2 Å². The molecule has 1 aliphatic heterocycles. The molecular formula is C16H22N2O. The fraction of sp³-hybridized carbons (Fsp3) is 0.562. The third kappa shape index (κ3) is 3.01. The summed E-state index contributed by atoms with van der Waals surface area (Å²) in [6, 6.07) is 7.96. The van der Waals surface area contributed by atoms with Crippen molar-refractivity contribution in [1.29, 1.82) is 5.26 Å². The molecule has 3 heteroatoms. The van der Waals surface area contributed by atoms with Gasteiger partial charge in [0.05, 0.1) is 18.4 Å². The van der Waals surface area contributed by atoms with E-state index in [0.29, 0.717) is 0 Å². The van der Waals surface area contributed by atoms with Crippen molar-refractivity contribution in [2.75, 3.05) is 25.1 Å². The quantitative estimate of drug-likeness (QED) is 0.833. The number of anilines is 1. The molecule has 0 radical (unpaired) electrons. The van der Waals surface area contributed by atoms with E-state index in [1.165, 1.54) is 12.8 Å². The average molecular weight is 258 g/mol. The minimum Gasteiger partial charge on any atom is -0.497 e. The molecule has 1 fully saturated rings. The number of benzene rings is 1. The molecule has 19 heavy (non-hydrogen) atoms. The molecule has 0 aliphatic carbocycles. The Morgan fingerprint density at radius 3 is 2.53 bits per heavy atom. The highest BCUT2D eigenvalue weighted by atomic mass is 16.5. The summed E-state index contributed by atoms with van der Waals surface area (Å²) in [6.07, 6.45) is 2.42. The van der Waals surface area contributed by atoms with Crippen LogP contribution in [-0.4, -0.2) is 20.2 Å². The predicted molar refractivity (Wildman–Crippen MR) is 77.5 cm³/mol. The van der Waals surface area contributed by atoms with Crippen molar-refractivity contribution in [1.82, 2.24) is 0 Å². The number of hydrogen-bond acceptors (Lipinski definition) is 3. The Kier molecular flexibility index (Phi) is 4.31. The third-order valence-corrected chi connectivity index (χ3v) is 4.15. The lowest BCUT2D eigenvalue weighted by Crippen LogP contribution is -2.35. The SMILES string of the molecule is COc1ccc(C#N)c(N2CCC(C(C)C)CC2)c1. The molecule has 0 N–H and O–H groups in total. The summed E-state index contributed by atoms with van der Waals surface area (Å²) in [6.45, 7) is 6.66. The molecule has 0 spiro atoms. The summed E-state index contributed by atoms with van der Waals surface area (Å²) >= 11 is 0. The normalized spacial score (nSPS) is 16.5. The Bertz CT molecular complexity index is 468. The highest BCUT2D eigenvalue weighted by Gasteiger charge is 2.23. The van der Waals surface area contributed by atoms with E-state index >= 15 is 0 Å². The van der Waals surface area contributed by atoms with Gasteiger partial charge in [0.1, 0.15) is 11.8 Å². The summed E-state index contributed by atoms with van der Waals surface area (Å²) in [4.78, 5) is 2.32. The highest BCUT2D eigenvalue weighted by molar-refractivity contribution is 5.62. The molecule has 1 aliphatic rings. The van der Waals surface area contributed by atoms with Gasteiger partial charge in [-0.1, -0.05) is 13.8 Å². The lowest BCUT2D eigenvalue weighted by Gasteiger charge is -2.35. The van der Waals surface area contributed by atoms with Crippen LogP contribution >= 0.6 is 0 Å². The van der Waals surface area contributed by atoms with Crippen molar-refractivity contribution in [3.05, 3.63) is 23.8 Å². The predicted octanol–water partition coefficient (Wildman–Crippen LogP) is 3.44. The molecule has 1 aromatic rings. The maximum atomic E-state index is 9.24. The molecule has 1 heterocycles. The molecule has 0 atom stereocenters. The first kappa shape index (κ1) is 13.7. The van der Waals surface area contributed by atoms with Crippen molar-refractivity contribution < 1.29 is 4.74 Å². The Morgan fingerprint density at radius 2 is 2.00 bits per heavy atom. The van der Waals surface area contributed by atoms with E-state index in [1.54, 1.807) is 7.11 Å². The summed E-state index contributed by atoms with van der Waals surface area (Å²) in [5.74, 6) is 2.38. The molecule has 1 saturated heterocycles. The van der Waals surface area contributed by atoms with E-state index in [4.69, 9.17) is 4.74 Å². The second-order valence-corrected chi connectivity index (χ2v) is 5.56. The number of hydrogen-bond donors (Lipinski definition) is 0. The molecule has 0 bridgehead atoms. The maximum absolute atomic E-state index is 9.24. The highest BCUT2D eigenvalue weighted by Crippen LogP contribution is 2.31. The first-order chi connectivity index (χ1) is 9.15. The monoisotopic (exact) mass is 258 g/mol. The van der Waals surface area contributed by atoms with Crippen LogP contribution in [0.5, 0.6) is 5.75 Å². The lowest BCUT2D eigenvalue weighted by molar-refractivity contribution is 0.311. The van der Waals surface area contributed by atoms with Crippen LogP contribution in [0.2, 0.25) is 0 Å². The van der Waals surface area contributed by atoms with Crippen molar-refractivity contribution in [3.63, 3.8) is 0 Å². The van der Waals surface area contributed by atoms with Crippen LogP contribution in [0.15, 0.2) is 18.2 Å². The Morgan fingerprint density at radius 1 is 1.32 bits per heavy atom. The van der Waals surface area contributed by atoms with E-state index in [-0.39, 0.29) is 0 Å². The van der Waals surface area contributed by atoms with E-state index in [2.05, 4.69) is 24.8 Å². The average Bonchev–Trinajstić information content (AvgIpc) is 2.46. The van der Waals surface area contributed by atoms with Crippen LogP contribution in [0.4, 0.5) is 5.69 Å². The molecule has 102 valence electrons. The van der Waals surface area contributed by atoms with Crippen molar-refractivity contribution >= 4 is 5.69 Å². The molecule has 0 amide bonds. The van der Waals surface area contributed by atoms with Gasteiger partial charge in [0.2, 0.25) is 0 Å². The molecule has 0 aromatic heterocycles. The van der Waals surface area contributed by atoms with Gasteiger partial charge in [-0.15, -0.1) is 0 Å². The number of methoxy groups -OCH3 is 1. The van der Waals surface area contributed by atoms with Crippen LogP contribution in [0.3, 0.4) is 0 Å². The largest absolute Gasteiger partial charge is 0.497 e. The van der Waals surface area contributed by atoms with E-state index in [1.807, 2.05) is 18.2 Å². The summed E-state index contributed by atoms with van der Waals surface area (Å²) in [5, 5.41) is 9.24. The number of nitrogens with zero attached hydrogens (tertiary/aromatic N) is 2. The number of piperidine rings is 1. The summed E-state index contributed by atoms with van der Waals surface area (Å²) in [7, 11) is 1.66. The second kappa shape index (κ2) is 5.97. The zero-order chi connectivity index (χ0) is 13.8. The fourth-order valence-corrected chi connectivity index (χ4v) is 2.80. The first-order valence-corrected chi connectivity index (χ1v) is 6.98. The van der Waals surface area contributed by atoms with E-state index < -0.39 is 0 Å². The van der Waals surface area contributed by atoms with Crippen LogP contribution in [0.25, 0.3) is 0 Å². The summed E-state index contributed by atoms with van der Waals surface area (Å²) < 4.78 is 5.27. The van der Waals surface area contributed by atoms with Gasteiger partial charge in [-0.25, -0.2) is 0 Å². The standard InChI is InChI=1S/C16H22N2O/c1-12(2)13-6-8-18(9-7-13)16-10-15(19-3)5-4-14(16)11-17/h4-5,10,12-13H,6-9H2,1-3H3. The maximum Gasteiger partial charge on any atom is 0.121 e. The zero-order valence-electron chi connectivity index (χ0n) is 12.0. The van der Waals surface area contributed by atoms with Gasteiger partial charge in [-0.3, -0.25) is 0 Å². The Balaban J connectivity index is 2.16. The van der Waals surface area contributed by atoms with Crippen LogP contribution in [0, 0.1) is 23.2 Å².